The zero-order valence-corrected chi connectivity index (χ0v) is 4.51. The van der Waals surface area contributed by atoms with Crippen LogP contribution < -0.4 is 5.32 Å². The van der Waals surface area contributed by atoms with Gasteiger partial charge in [0.2, 0.25) is 5.91 Å². The lowest BCUT2D eigenvalue weighted by Crippen LogP contribution is -2.26. The summed E-state index contributed by atoms with van der Waals surface area (Å²) in [7, 11) is 0. The van der Waals surface area contributed by atoms with Gasteiger partial charge in [0.15, 0.2) is 0 Å². The lowest BCUT2D eigenvalue weighted by Gasteiger charge is -1.95. The summed E-state index contributed by atoms with van der Waals surface area (Å²) >= 11 is 0. The molecule has 3 heteroatoms. The Hall–Kier alpha value is -0.830. The van der Waals surface area contributed by atoms with Crippen molar-refractivity contribution in [2.45, 2.75) is 13.2 Å². The van der Waals surface area contributed by atoms with E-state index in [1.807, 2.05) is 0 Å². The number of nitrogens with one attached hydrogen (secondary N) is 1. The number of hydrogen-bond acceptors (Lipinski definition) is 2. The Labute approximate surface area is 47.0 Å². The first-order valence-electron chi connectivity index (χ1n) is 2.37. The number of carbonyl (C=O) groups is 1. The van der Waals surface area contributed by atoms with Crippen LogP contribution in [0.5, 0.6) is 0 Å². The summed E-state index contributed by atoms with van der Waals surface area (Å²) in [6, 6.07) is 0. The summed E-state index contributed by atoms with van der Waals surface area (Å²) in [4.78, 5) is 10.4. The highest BCUT2D eigenvalue weighted by atomic mass is 16.3. The first-order valence-corrected chi connectivity index (χ1v) is 2.37. The van der Waals surface area contributed by atoms with E-state index in [1.54, 1.807) is 6.92 Å². The fourth-order valence-corrected chi connectivity index (χ4v) is 0.602. The standard InChI is InChI=1S/C5H7NO2/c1-3-2-4(7)6-5(3)8/h2,4,7H,1H3,(H,6,8)/t4-/m1/s1. The third-order valence-electron chi connectivity index (χ3n) is 1.05. The van der Waals surface area contributed by atoms with E-state index in [2.05, 4.69) is 5.32 Å². The summed E-state index contributed by atoms with van der Waals surface area (Å²) in [6.07, 6.45) is 0.713. The van der Waals surface area contributed by atoms with Crippen LogP contribution in [-0.4, -0.2) is 17.2 Å². The van der Waals surface area contributed by atoms with Gasteiger partial charge in [-0.15, -0.1) is 0 Å². The summed E-state index contributed by atoms with van der Waals surface area (Å²) in [5.41, 5.74) is 0.581. The van der Waals surface area contributed by atoms with Gasteiger partial charge >= 0.3 is 0 Å². The minimum absolute atomic E-state index is 0.183. The van der Waals surface area contributed by atoms with E-state index < -0.39 is 6.23 Å². The molecule has 1 rings (SSSR count). The van der Waals surface area contributed by atoms with Crippen LogP contribution in [0.4, 0.5) is 0 Å². The Bertz CT molecular complexity index is 151. The monoisotopic (exact) mass is 113 g/mol. The van der Waals surface area contributed by atoms with Gasteiger partial charge in [-0.25, -0.2) is 0 Å². The average molecular weight is 113 g/mol. The van der Waals surface area contributed by atoms with Crippen molar-refractivity contribution in [1.82, 2.24) is 5.32 Å². The van der Waals surface area contributed by atoms with Gasteiger partial charge < -0.3 is 10.4 Å². The minimum atomic E-state index is -0.762. The molecule has 3 nitrogen and oxygen atoms in total. The number of amides is 1. The number of carbonyl (C=O) groups excluding carboxylic acids is 1. The minimum Gasteiger partial charge on any atom is -0.370 e. The van der Waals surface area contributed by atoms with Crippen LogP contribution in [-0.2, 0) is 4.79 Å². The lowest BCUT2D eigenvalue weighted by atomic mass is 10.3. The predicted molar refractivity (Wildman–Crippen MR) is 27.9 cm³/mol. The van der Waals surface area contributed by atoms with Crippen LogP contribution in [0.1, 0.15) is 6.92 Å². The van der Waals surface area contributed by atoms with Gasteiger partial charge in [0.1, 0.15) is 6.23 Å². The number of aliphatic hydroxyl groups is 1. The smallest absolute Gasteiger partial charge is 0.248 e. The topological polar surface area (TPSA) is 49.3 Å². The van der Waals surface area contributed by atoms with Gasteiger partial charge in [0.25, 0.3) is 0 Å². The number of rotatable bonds is 0. The molecule has 8 heavy (non-hydrogen) atoms. The second-order valence-electron chi connectivity index (χ2n) is 1.77. The van der Waals surface area contributed by atoms with E-state index >= 15 is 0 Å². The van der Waals surface area contributed by atoms with Crippen LogP contribution >= 0.6 is 0 Å². The molecule has 0 aromatic carbocycles. The third-order valence-corrected chi connectivity index (χ3v) is 1.05. The highest BCUT2D eigenvalue weighted by Crippen LogP contribution is 2.01. The molecule has 1 amide bonds. The maximum Gasteiger partial charge on any atom is 0.248 e. The van der Waals surface area contributed by atoms with Crippen molar-refractivity contribution in [3.8, 4) is 0 Å². The van der Waals surface area contributed by atoms with E-state index in [-0.39, 0.29) is 5.91 Å². The van der Waals surface area contributed by atoms with Crippen LogP contribution in [0, 0.1) is 0 Å². The molecule has 0 saturated heterocycles. The molecule has 44 valence electrons. The van der Waals surface area contributed by atoms with Crippen molar-refractivity contribution < 1.29 is 9.90 Å². The molecule has 0 aromatic rings. The Morgan fingerprint density at radius 2 is 2.50 bits per heavy atom. The Morgan fingerprint density at radius 1 is 1.88 bits per heavy atom. The maximum atomic E-state index is 10.4. The van der Waals surface area contributed by atoms with Crippen molar-refractivity contribution in [2.75, 3.05) is 0 Å². The summed E-state index contributed by atoms with van der Waals surface area (Å²) in [6.45, 7) is 1.66. The van der Waals surface area contributed by atoms with E-state index in [0.29, 0.717) is 5.57 Å². The van der Waals surface area contributed by atoms with Crippen LogP contribution in [0.3, 0.4) is 0 Å². The second-order valence-corrected chi connectivity index (χ2v) is 1.77. The summed E-state index contributed by atoms with van der Waals surface area (Å²) in [5, 5.41) is 11.0. The fraction of sp³-hybridized carbons (Fsp3) is 0.400. The molecule has 0 bridgehead atoms. The molecule has 1 heterocycles. The zero-order valence-electron chi connectivity index (χ0n) is 4.51. The molecule has 0 fully saturated rings. The first-order chi connectivity index (χ1) is 3.70. The molecule has 1 atom stereocenters. The third kappa shape index (κ3) is 0.721. The summed E-state index contributed by atoms with van der Waals surface area (Å²) in [5.74, 6) is -0.183. The van der Waals surface area contributed by atoms with Crippen molar-refractivity contribution in [3.05, 3.63) is 11.6 Å². The van der Waals surface area contributed by atoms with Gasteiger partial charge in [0.05, 0.1) is 0 Å². The van der Waals surface area contributed by atoms with Gasteiger partial charge in [-0.3, -0.25) is 4.79 Å². The molecule has 0 unspecified atom stereocenters. The highest BCUT2D eigenvalue weighted by molar-refractivity contribution is 5.95. The average Bonchev–Trinajstić information content (AvgIpc) is 1.85. The molecule has 2 N–H and O–H groups in total. The molecule has 0 spiro atoms. The van der Waals surface area contributed by atoms with Crippen molar-refractivity contribution in [2.24, 2.45) is 0 Å². The van der Waals surface area contributed by atoms with E-state index in [4.69, 9.17) is 5.11 Å². The quantitative estimate of drug-likeness (QED) is 0.440. The second kappa shape index (κ2) is 1.59. The molecule has 1 aliphatic rings. The van der Waals surface area contributed by atoms with Gasteiger partial charge in [-0.05, 0) is 13.0 Å². The Morgan fingerprint density at radius 3 is 2.62 bits per heavy atom. The number of aliphatic hydroxyl groups excluding tert-OH is 1. The first kappa shape index (κ1) is 5.31. The van der Waals surface area contributed by atoms with Crippen molar-refractivity contribution in [3.63, 3.8) is 0 Å². The van der Waals surface area contributed by atoms with Crippen molar-refractivity contribution in [1.29, 1.82) is 0 Å². The predicted octanol–water partition coefficient (Wildman–Crippen LogP) is -0.619. The SMILES string of the molecule is CC1=C[C@@H](O)NC1=O. The summed E-state index contributed by atoms with van der Waals surface area (Å²) < 4.78 is 0. The normalized spacial score (nSPS) is 27.5. The van der Waals surface area contributed by atoms with Crippen molar-refractivity contribution >= 4 is 5.91 Å². The molecular weight excluding hydrogens is 106 g/mol. The van der Waals surface area contributed by atoms with Gasteiger partial charge in [0, 0.05) is 5.57 Å². The molecule has 0 saturated carbocycles. The molecule has 0 radical (unpaired) electrons. The highest BCUT2D eigenvalue weighted by Gasteiger charge is 2.15. The van der Waals surface area contributed by atoms with Crippen LogP contribution in [0.25, 0.3) is 0 Å². The number of hydrogen-bond donors (Lipinski definition) is 2. The largest absolute Gasteiger partial charge is 0.370 e. The van der Waals surface area contributed by atoms with E-state index in [1.165, 1.54) is 6.08 Å². The Kier molecular flexibility index (Phi) is 1.06. The zero-order chi connectivity index (χ0) is 6.15. The van der Waals surface area contributed by atoms with E-state index in [0.717, 1.165) is 0 Å². The molecular formula is C5H7NO2. The fourth-order valence-electron chi connectivity index (χ4n) is 0.602. The van der Waals surface area contributed by atoms with E-state index in [9.17, 15) is 4.79 Å². The van der Waals surface area contributed by atoms with Gasteiger partial charge in [-0.1, -0.05) is 0 Å². The molecule has 0 aromatic heterocycles. The maximum absolute atomic E-state index is 10.4. The lowest BCUT2D eigenvalue weighted by molar-refractivity contribution is -0.118. The molecule has 1 aliphatic heterocycles. The molecule has 0 aliphatic carbocycles. The Balaban J connectivity index is 2.73. The van der Waals surface area contributed by atoms with Crippen LogP contribution in [0.15, 0.2) is 11.6 Å². The van der Waals surface area contributed by atoms with Crippen LogP contribution in [0.2, 0.25) is 0 Å². The van der Waals surface area contributed by atoms with Gasteiger partial charge in [-0.2, -0.15) is 0 Å².